The van der Waals surface area contributed by atoms with Crippen molar-refractivity contribution in [3.05, 3.63) is 260 Å². The molecular formula is C51H38Br2O. The number of rotatable bonds is 5. The van der Waals surface area contributed by atoms with Crippen LogP contribution in [0.25, 0.3) is 22.3 Å². The molecule has 0 aromatic heterocycles. The molecule has 0 fully saturated rings. The van der Waals surface area contributed by atoms with E-state index in [1.807, 2.05) is 79.7 Å². The summed E-state index contributed by atoms with van der Waals surface area (Å²) in [4.78, 5) is 12.0. The van der Waals surface area contributed by atoms with Crippen LogP contribution in [-0.2, 0) is 5.41 Å². The Morgan fingerprint density at radius 3 is 1.39 bits per heavy atom. The quantitative estimate of drug-likeness (QED) is 0.158. The Morgan fingerprint density at radius 1 is 0.407 bits per heavy atom. The predicted molar refractivity (Wildman–Crippen MR) is 232 cm³/mol. The molecule has 0 atom stereocenters. The molecule has 0 aliphatic heterocycles. The zero-order valence-electron chi connectivity index (χ0n) is 29.9. The highest BCUT2D eigenvalue weighted by Crippen LogP contribution is 2.55. The average molecular weight is 827 g/mol. The van der Waals surface area contributed by atoms with Crippen LogP contribution in [0.15, 0.2) is 221 Å². The number of hydrogen-bond donors (Lipinski definition) is 0. The summed E-state index contributed by atoms with van der Waals surface area (Å²) in [7, 11) is 0. The summed E-state index contributed by atoms with van der Waals surface area (Å²) in [6.07, 6.45) is 0. The maximum Gasteiger partial charge on any atom is 0.193 e. The molecule has 0 unspecified atom stereocenters. The normalized spacial score (nSPS) is 11.8. The molecule has 0 heterocycles. The third-order valence-corrected chi connectivity index (χ3v) is 11.0. The Kier molecular flexibility index (Phi) is 11.6. The summed E-state index contributed by atoms with van der Waals surface area (Å²) in [6.45, 7) is 2.01. The first-order valence-electron chi connectivity index (χ1n) is 17.9. The lowest BCUT2D eigenvalue weighted by molar-refractivity contribution is 0.103. The van der Waals surface area contributed by atoms with Crippen molar-refractivity contribution in [2.45, 2.75) is 12.3 Å². The van der Waals surface area contributed by atoms with Gasteiger partial charge >= 0.3 is 0 Å². The number of carbonyl (C=O) groups excluding carboxylic acids is 1. The second kappa shape index (κ2) is 17.0. The largest absolute Gasteiger partial charge is 0.289 e. The molecule has 8 aromatic rings. The first-order chi connectivity index (χ1) is 26.5. The fourth-order valence-corrected chi connectivity index (χ4v) is 7.96. The van der Waals surface area contributed by atoms with Crippen molar-refractivity contribution in [2.75, 3.05) is 0 Å². The van der Waals surface area contributed by atoms with Gasteiger partial charge in [0.15, 0.2) is 5.78 Å². The van der Waals surface area contributed by atoms with E-state index in [0.29, 0.717) is 0 Å². The number of ketones is 1. The Morgan fingerprint density at radius 2 is 0.833 bits per heavy atom. The van der Waals surface area contributed by atoms with Crippen molar-refractivity contribution in [3.63, 3.8) is 0 Å². The molecule has 0 N–H and O–H groups in total. The minimum absolute atomic E-state index is 0.0793. The van der Waals surface area contributed by atoms with Crippen LogP contribution in [0, 0.1) is 6.92 Å². The number of benzene rings is 8. The fourth-order valence-electron chi connectivity index (χ4n) is 7.19. The Labute approximate surface area is 335 Å². The highest BCUT2D eigenvalue weighted by molar-refractivity contribution is 9.10. The number of halogens is 2. The molecule has 3 heteroatoms. The topological polar surface area (TPSA) is 17.1 Å². The summed E-state index contributed by atoms with van der Waals surface area (Å²) in [6, 6.07) is 72.9. The van der Waals surface area contributed by atoms with Crippen LogP contribution in [0.2, 0.25) is 0 Å². The lowest BCUT2D eigenvalue weighted by Gasteiger charge is -2.33. The summed E-state index contributed by atoms with van der Waals surface area (Å²) in [5.74, 6) is 0.0793. The van der Waals surface area contributed by atoms with Crippen molar-refractivity contribution in [3.8, 4) is 22.3 Å². The van der Waals surface area contributed by atoms with E-state index in [2.05, 4.69) is 171 Å². The monoisotopic (exact) mass is 824 g/mol. The Bertz CT molecular complexity index is 2410. The van der Waals surface area contributed by atoms with E-state index in [4.69, 9.17) is 0 Å². The highest BCUT2D eigenvalue weighted by atomic mass is 79.9. The standard InChI is InChI=1S/C25H17Br.C14H12O.C12H9Br/c26-20-16-14-19(15-17-20)25(18-8-2-1-3-9-18)23-12-6-4-10-21(23)22-11-5-7-13-24(22)25;1-11-7-9-13(10-8-11)14(15)12-5-3-2-4-6-12;13-12-9-5-4-8-11(12)10-6-2-1-3-7-10/h1-17H;2-10H,1H3;1-9H. The molecule has 1 aliphatic rings. The van der Waals surface area contributed by atoms with Gasteiger partial charge in [-0.3, -0.25) is 4.79 Å². The molecule has 0 amide bonds. The van der Waals surface area contributed by atoms with Crippen LogP contribution in [0.1, 0.15) is 43.7 Å². The maximum absolute atomic E-state index is 12.0. The molecule has 1 nitrogen and oxygen atoms in total. The maximum atomic E-state index is 12.0. The number of fused-ring (bicyclic) bond motifs is 3. The van der Waals surface area contributed by atoms with Gasteiger partial charge in [0.2, 0.25) is 0 Å². The van der Waals surface area contributed by atoms with Crippen molar-refractivity contribution >= 4 is 37.6 Å². The van der Waals surface area contributed by atoms with Crippen LogP contribution < -0.4 is 0 Å². The molecule has 262 valence electrons. The Balaban J connectivity index is 0.000000137. The third kappa shape index (κ3) is 7.70. The van der Waals surface area contributed by atoms with Crippen LogP contribution in [-0.4, -0.2) is 5.78 Å². The lowest BCUT2D eigenvalue weighted by atomic mass is 9.68. The molecule has 54 heavy (non-hydrogen) atoms. The second-order valence-electron chi connectivity index (χ2n) is 13.1. The van der Waals surface area contributed by atoms with Gasteiger partial charge < -0.3 is 0 Å². The van der Waals surface area contributed by atoms with Gasteiger partial charge in [0.25, 0.3) is 0 Å². The first kappa shape index (κ1) is 36.7. The van der Waals surface area contributed by atoms with Gasteiger partial charge in [-0.2, -0.15) is 0 Å². The molecule has 0 bridgehead atoms. The van der Waals surface area contributed by atoms with Crippen LogP contribution in [0.3, 0.4) is 0 Å². The molecule has 0 radical (unpaired) electrons. The zero-order chi connectivity index (χ0) is 37.3. The van der Waals surface area contributed by atoms with Crippen molar-refractivity contribution < 1.29 is 4.79 Å². The molecule has 1 aliphatic carbocycles. The highest BCUT2D eigenvalue weighted by Gasteiger charge is 2.45. The van der Waals surface area contributed by atoms with Gasteiger partial charge in [-0.05, 0) is 69.6 Å². The number of hydrogen-bond acceptors (Lipinski definition) is 1. The number of aryl methyl sites for hydroxylation is 1. The third-order valence-electron chi connectivity index (χ3n) is 9.74. The molecule has 9 rings (SSSR count). The second-order valence-corrected chi connectivity index (χ2v) is 14.9. The van der Waals surface area contributed by atoms with E-state index in [1.165, 1.54) is 50.1 Å². The van der Waals surface area contributed by atoms with Gasteiger partial charge in [0, 0.05) is 20.1 Å². The molecular weight excluding hydrogens is 788 g/mol. The van der Waals surface area contributed by atoms with Gasteiger partial charge in [-0.25, -0.2) is 0 Å². The zero-order valence-corrected chi connectivity index (χ0v) is 33.0. The van der Waals surface area contributed by atoms with E-state index in [9.17, 15) is 4.79 Å². The van der Waals surface area contributed by atoms with Gasteiger partial charge in [-0.15, -0.1) is 0 Å². The summed E-state index contributed by atoms with van der Waals surface area (Å²) in [5, 5.41) is 0. The van der Waals surface area contributed by atoms with E-state index >= 15 is 0 Å². The Hall–Kier alpha value is -5.61. The van der Waals surface area contributed by atoms with Crippen molar-refractivity contribution in [1.29, 1.82) is 0 Å². The minimum atomic E-state index is -0.283. The molecule has 0 saturated heterocycles. The van der Waals surface area contributed by atoms with Gasteiger partial charge in [0.05, 0.1) is 5.41 Å². The van der Waals surface area contributed by atoms with Crippen LogP contribution >= 0.6 is 31.9 Å². The SMILES string of the molecule is Brc1ccc(C2(c3ccccc3)c3ccccc3-c3ccccc32)cc1.Brc1ccccc1-c1ccccc1.Cc1ccc(C(=O)c2ccccc2)cc1. The first-order valence-corrected chi connectivity index (χ1v) is 19.5. The van der Waals surface area contributed by atoms with Gasteiger partial charge in [0.1, 0.15) is 0 Å². The lowest BCUT2D eigenvalue weighted by Crippen LogP contribution is -2.28. The number of carbonyl (C=O) groups is 1. The molecule has 0 saturated carbocycles. The minimum Gasteiger partial charge on any atom is -0.289 e. The smallest absolute Gasteiger partial charge is 0.193 e. The summed E-state index contributed by atoms with van der Waals surface area (Å²) in [5.41, 5.74) is 12.8. The summed E-state index contributed by atoms with van der Waals surface area (Å²) >= 11 is 7.12. The average Bonchev–Trinajstić information content (AvgIpc) is 3.54. The molecule has 8 aromatic carbocycles. The van der Waals surface area contributed by atoms with E-state index in [1.54, 1.807) is 0 Å². The van der Waals surface area contributed by atoms with E-state index in [0.717, 1.165) is 20.1 Å². The van der Waals surface area contributed by atoms with Crippen LogP contribution in [0.5, 0.6) is 0 Å². The van der Waals surface area contributed by atoms with Crippen molar-refractivity contribution in [2.24, 2.45) is 0 Å². The fraction of sp³-hybridized carbons (Fsp3) is 0.0392. The van der Waals surface area contributed by atoms with Crippen molar-refractivity contribution in [1.82, 2.24) is 0 Å². The predicted octanol–water partition coefficient (Wildman–Crippen LogP) is 14.2. The van der Waals surface area contributed by atoms with Gasteiger partial charge in [-0.1, -0.05) is 232 Å². The van der Waals surface area contributed by atoms with E-state index < -0.39 is 0 Å². The summed E-state index contributed by atoms with van der Waals surface area (Å²) < 4.78 is 2.24. The molecule has 0 spiro atoms. The van der Waals surface area contributed by atoms with E-state index in [-0.39, 0.29) is 11.2 Å². The van der Waals surface area contributed by atoms with Crippen LogP contribution in [0.4, 0.5) is 0 Å².